The molecule has 1 amide bonds. The molecule has 1 aromatic rings. The Hall–Kier alpha value is -1.18. The summed E-state index contributed by atoms with van der Waals surface area (Å²) in [4.78, 5) is 11.3. The first-order valence-corrected chi connectivity index (χ1v) is 7.42. The van der Waals surface area contributed by atoms with Crippen LogP contribution < -0.4 is 10.0 Å². The van der Waals surface area contributed by atoms with Crippen LogP contribution in [0.5, 0.6) is 0 Å². The highest BCUT2D eigenvalue weighted by molar-refractivity contribution is 9.11. The minimum atomic E-state index is -3.57. The molecular weight excluding hydrogens is 320 g/mol. The van der Waals surface area contributed by atoms with Crippen LogP contribution in [-0.2, 0) is 21.2 Å². The fourth-order valence-electron chi connectivity index (χ4n) is 1.63. The van der Waals surface area contributed by atoms with E-state index in [-0.39, 0.29) is 23.8 Å². The maximum atomic E-state index is 11.9. The number of carbonyl (C=O) groups excluding carboxylic acids is 1. The van der Waals surface area contributed by atoms with Gasteiger partial charge in [0.2, 0.25) is 15.9 Å². The molecule has 0 saturated carbocycles. The first-order valence-electron chi connectivity index (χ1n) is 5.14. The molecule has 1 aromatic carbocycles. The van der Waals surface area contributed by atoms with Crippen LogP contribution in [0.15, 0.2) is 34.2 Å². The molecule has 0 atom stereocenters. The standard InChI is InChI=1S/C11H11BrN2O3S/c1-7(12)6-13-18(16,17)9-2-3-10-8(4-9)5-11(15)14-10/h2-4,13H,1,5-6H2,(H,14,15). The highest BCUT2D eigenvalue weighted by atomic mass is 79.9. The van der Waals surface area contributed by atoms with Crippen LogP contribution in [0.4, 0.5) is 5.69 Å². The molecule has 1 aliphatic rings. The molecule has 18 heavy (non-hydrogen) atoms. The second kappa shape index (κ2) is 4.83. The predicted octanol–water partition coefficient (Wildman–Crippen LogP) is 1.37. The number of halogens is 1. The van der Waals surface area contributed by atoms with Gasteiger partial charge in [-0.15, -0.1) is 0 Å². The number of carbonyl (C=O) groups is 1. The molecule has 2 N–H and O–H groups in total. The molecule has 96 valence electrons. The van der Waals surface area contributed by atoms with Crippen molar-refractivity contribution in [2.45, 2.75) is 11.3 Å². The first-order chi connectivity index (χ1) is 8.38. The van der Waals surface area contributed by atoms with E-state index in [4.69, 9.17) is 0 Å². The largest absolute Gasteiger partial charge is 0.326 e. The molecule has 0 aliphatic carbocycles. The molecule has 0 fully saturated rings. The number of amides is 1. The maximum absolute atomic E-state index is 11.9. The van der Waals surface area contributed by atoms with E-state index in [1.807, 2.05) is 0 Å². The van der Waals surface area contributed by atoms with Crippen molar-refractivity contribution in [3.05, 3.63) is 34.8 Å². The van der Waals surface area contributed by atoms with Gasteiger partial charge in [0.1, 0.15) is 0 Å². The van der Waals surface area contributed by atoms with Gasteiger partial charge in [-0.05, 0) is 23.8 Å². The van der Waals surface area contributed by atoms with Crippen molar-refractivity contribution in [2.75, 3.05) is 11.9 Å². The van der Waals surface area contributed by atoms with E-state index >= 15 is 0 Å². The quantitative estimate of drug-likeness (QED) is 0.875. The van der Waals surface area contributed by atoms with Crippen LogP contribution in [0.25, 0.3) is 0 Å². The second-order valence-corrected chi connectivity index (χ2v) is 6.77. The van der Waals surface area contributed by atoms with E-state index in [1.54, 1.807) is 6.07 Å². The number of rotatable bonds is 4. The molecule has 0 aromatic heterocycles. The van der Waals surface area contributed by atoms with E-state index in [1.165, 1.54) is 12.1 Å². The zero-order chi connectivity index (χ0) is 13.3. The number of benzene rings is 1. The zero-order valence-electron chi connectivity index (χ0n) is 9.36. The van der Waals surface area contributed by atoms with Gasteiger partial charge in [-0.25, -0.2) is 13.1 Å². The summed E-state index contributed by atoms with van der Waals surface area (Å²) in [6, 6.07) is 4.56. The Kier molecular flexibility index (Phi) is 3.56. The van der Waals surface area contributed by atoms with Gasteiger partial charge in [0.15, 0.2) is 0 Å². The van der Waals surface area contributed by atoms with Crippen LogP contribution in [0.1, 0.15) is 5.56 Å². The minimum Gasteiger partial charge on any atom is -0.326 e. The Morgan fingerprint density at radius 1 is 1.50 bits per heavy atom. The summed E-state index contributed by atoms with van der Waals surface area (Å²) in [5, 5.41) is 2.65. The van der Waals surface area contributed by atoms with Crippen molar-refractivity contribution in [3.8, 4) is 0 Å². The molecule has 0 saturated heterocycles. The van der Waals surface area contributed by atoms with Crippen LogP contribution in [0.3, 0.4) is 0 Å². The highest BCUT2D eigenvalue weighted by Crippen LogP contribution is 2.25. The average Bonchev–Trinajstić information content (AvgIpc) is 2.65. The smallest absolute Gasteiger partial charge is 0.240 e. The number of anilines is 1. The summed E-state index contributed by atoms with van der Waals surface area (Å²) in [6.07, 6.45) is 0.212. The van der Waals surface area contributed by atoms with Gasteiger partial charge < -0.3 is 5.32 Å². The Morgan fingerprint density at radius 3 is 2.89 bits per heavy atom. The van der Waals surface area contributed by atoms with Crippen molar-refractivity contribution < 1.29 is 13.2 Å². The molecule has 7 heteroatoms. The normalized spacial score (nSPS) is 14.2. The minimum absolute atomic E-state index is 0.122. The van der Waals surface area contributed by atoms with E-state index in [2.05, 4.69) is 32.5 Å². The third-order valence-electron chi connectivity index (χ3n) is 2.47. The lowest BCUT2D eigenvalue weighted by Gasteiger charge is -2.07. The Balaban J connectivity index is 2.27. The van der Waals surface area contributed by atoms with Gasteiger partial charge in [-0.2, -0.15) is 0 Å². The SMILES string of the molecule is C=C(Br)CNS(=O)(=O)c1ccc2c(c1)CC(=O)N2. The van der Waals surface area contributed by atoms with Crippen molar-refractivity contribution in [2.24, 2.45) is 0 Å². The van der Waals surface area contributed by atoms with Crippen LogP contribution >= 0.6 is 15.9 Å². The molecular formula is C11H11BrN2O3S. The molecule has 1 heterocycles. The second-order valence-electron chi connectivity index (χ2n) is 3.89. The average molecular weight is 331 g/mol. The van der Waals surface area contributed by atoms with Crippen LogP contribution in [0, 0.1) is 0 Å². The summed E-state index contributed by atoms with van der Waals surface area (Å²) < 4.78 is 26.8. The number of hydrogen-bond acceptors (Lipinski definition) is 3. The first kappa shape index (κ1) is 13.3. The summed E-state index contributed by atoms with van der Waals surface area (Å²) in [6.45, 7) is 3.68. The monoisotopic (exact) mass is 330 g/mol. The third-order valence-corrected chi connectivity index (χ3v) is 4.15. The van der Waals surface area contributed by atoms with E-state index < -0.39 is 10.0 Å². The molecule has 0 radical (unpaired) electrons. The zero-order valence-corrected chi connectivity index (χ0v) is 11.8. The topological polar surface area (TPSA) is 75.3 Å². The van der Waals surface area contributed by atoms with E-state index in [0.717, 1.165) is 0 Å². The van der Waals surface area contributed by atoms with Gasteiger partial charge in [0.05, 0.1) is 11.3 Å². The van der Waals surface area contributed by atoms with Gasteiger partial charge in [0, 0.05) is 16.7 Å². The molecule has 5 nitrogen and oxygen atoms in total. The van der Waals surface area contributed by atoms with Crippen LogP contribution in [0.2, 0.25) is 0 Å². The van der Waals surface area contributed by atoms with Crippen molar-refractivity contribution >= 4 is 37.5 Å². The van der Waals surface area contributed by atoms with E-state index in [9.17, 15) is 13.2 Å². The summed E-state index contributed by atoms with van der Waals surface area (Å²) >= 11 is 3.08. The van der Waals surface area contributed by atoms with Crippen molar-refractivity contribution in [3.63, 3.8) is 0 Å². The summed E-state index contributed by atoms with van der Waals surface area (Å²) in [5.74, 6) is -0.124. The number of sulfonamides is 1. The highest BCUT2D eigenvalue weighted by Gasteiger charge is 2.21. The van der Waals surface area contributed by atoms with E-state index in [0.29, 0.717) is 15.7 Å². The molecule has 0 spiro atoms. The lowest BCUT2D eigenvalue weighted by atomic mass is 10.2. The van der Waals surface area contributed by atoms with Gasteiger partial charge >= 0.3 is 0 Å². The lowest BCUT2D eigenvalue weighted by molar-refractivity contribution is -0.115. The maximum Gasteiger partial charge on any atom is 0.240 e. The fourth-order valence-corrected chi connectivity index (χ4v) is 3.03. The summed E-state index contributed by atoms with van der Waals surface area (Å²) in [7, 11) is -3.57. The Labute approximate surface area is 113 Å². The molecule has 0 bridgehead atoms. The Bertz CT molecular complexity index is 625. The molecule has 2 rings (SSSR count). The number of nitrogens with one attached hydrogen (secondary N) is 2. The van der Waals surface area contributed by atoms with Gasteiger partial charge in [-0.1, -0.05) is 22.5 Å². The molecule has 0 unspecified atom stereocenters. The lowest BCUT2D eigenvalue weighted by Crippen LogP contribution is -2.24. The van der Waals surface area contributed by atoms with Gasteiger partial charge in [-0.3, -0.25) is 4.79 Å². The van der Waals surface area contributed by atoms with Crippen molar-refractivity contribution in [1.29, 1.82) is 0 Å². The Morgan fingerprint density at radius 2 is 2.22 bits per heavy atom. The summed E-state index contributed by atoms with van der Waals surface area (Å²) in [5.41, 5.74) is 1.37. The number of fused-ring (bicyclic) bond motifs is 1. The predicted molar refractivity (Wildman–Crippen MR) is 72.0 cm³/mol. The van der Waals surface area contributed by atoms with Crippen LogP contribution in [-0.4, -0.2) is 20.9 Å². The fraction of sp³-hybridized carbons (Fsp3) is 0.182. The van der Waals surface area contributed by atoms with Crippen molar-refractivity contribution in [1.82, 2.24) is 4.72 Å². The third kappa shape index (κ3) is 2.80. The molecule has 1 aliphatic heterocycles. The van der Waals surface area contributed by atoms with Gasteiger partial charge in [0.25, 0.3) is 0 Å². The number of hydrogen-bond donors (Lipinski definition) is 2.